The Morgan fingerprint density at radius 3 is 2.17 bits per heavy atom. The molecule has 1 heterocycles. The average Bonchev–Trinajstić information content (AvgIpc) is 3.16. The van der Waals surface area contributed by atoms with Crippen LogP contribution in [0.2, 0.25) is 0 Å². The Hall–Kier alpha value is -2.08. The van der Waals surface area contributed by atoms with E-state index < -0.39 is 0 Å². The lowest BCUT2D eigenvalue weighted by molar-refractivity contribution is -0.107. The molecule has 0 unspecified atom stereocenters. The van der Waals surface area contributed by atoms with Crippen LogP contribution in [0.15, 0.2) is 30.5 Å². The maximum Gasteiger partial charge on any atom is 0.271 e. The van der Waals surface area contributed by atoms with Crippen LogP contribution in [0.25, 0.3) is 0 Å². The van der Waals surface area contributed by atoms with Gasteiger partial charge in [0.1, 0.15) is 12.0 Å². The Balaban J connectivity index is 0. The first-order chi connectivity index (χ1) is 14.2. The van der Waals surface area contributed by atoms with Crippen LogP contribution in [0.3, 0.4) is 0 Å². The summed E-state index contributed by atoms with van der Waals surface area (Å²) < 4.78 is 0. The molecule has 0 aromatic carbocycles. The predicted molar refractivity (Wildman–Crippen MR) is 129 cm³/mol. The molecular formula is C23H41ClN4O2. The molecule has 172 valence electrons. The number of anilines is 1. The summed E-state index contributed by atoms with van der Waals surface area (Å²) in [6.45, 7) is 16.1. The highest BCUT2D eigenvalue weighted by molar-refractivity contribution is 6.25. The molecule has 0 radical (unpaired) electrons. The third-order valence-corrected chi connectivity index (χ3v) is 4.82. The minimum atomic E-state index is -0.144. The first kappa shape index (κ1) is 30.1. The van der Waals surface area contributed by atoms with Crippen molar-refractivity contribution in [1.82, 2.24) is 15.5 Å². The van der Waals surface area contributed by atoms with E-state index in [0.29, 0.717) is 23.2 Å². The standard InChI is InChI=1S/C14H24N4O.C4H6O.C3H5Cl.C2H6/c1-14(2,3)9-4-6-10(7-5-9)17-13(19)12-11(15)8-16-18-12;1-2-3-4-5;1-2-3-4;1-2/h8-10H,4-7,15H2,1-3H3,(H,16,18)(H,17,19);2,4H,1,3H2;2-3H,1H3;1-2H3/b;;3-2+;. The molecule has 1 aliphatic carbocycles. The molecule has 0 aliphatic heterocycles. The smallest absolute Gasteiger partial charge is 0.271 e. The lowest BCUT2D eigenvalue weighted by Gasteiger charge is -2.37. The van der Waals surface area contributed by atoms with Crippen molar-refractivity contribution in [3.05, 3.63) is 36.2 Å². The van der Waals surface area contributed by atoms with Gasteiger partial charge in [-0.2, -0.15) is 5.10 Å². The second-order valence-electron chi connectivity index (χ2n) is 7.74. The summed E-state index contributed by atoms with van der Waals surface area (Å²) in [4.78, 5) is 21.3. The lowest BCUT2D eigenvalue weighted by Crippen LogP contribution is -2.39. The fourth-order valence-corrected chi connectivity index (χ4v) is 2.91. The third kappa shape index (κ3) is 13.2. The van der Waals surface area contributed by atoms with E-state index in [0.717, 1.165) is 25.0 Å². The summed E-state index contributed by atoms with van der Waals surface area (Å²) in [6.07, 6.45) is 10.5. The summed E-state index contributed by atoms with van der Waals surface area (Å²) in [5.41, 5.74) is 8.28. The highest BCUT2D eigenvalue weighted by Gasteiger charge is 2.30. The monoisotopic (exact) mass is 440 g/mol. The number of carbonyl (C=O) groups excluding carboxylic acids is 2. The summed E-state index contributed by atoms with van der Waals surface area (Å²) >= 11 is 5.01. The van der Waals surface area contributed by atoms with E-state index in [-0.39, 0.29) is 11.9 Å². The van der Waals surface area contributed by atoms with Crippen molar-refractivity contribution in [2.75, 3.05) is 5.73 Å². The fraction of sp³-hybridized carbons (Fsp3) is 0.609. The van der Waals surface area contributed by atoms with Crippen LogP contribution in [0.1, 0.15) is 84.1 Å². The number of rotatable bonds is 4. The molecule has 1 fully saturated rings. The molecule has 6 nitrogen and oxygen atoms in total. The Labute approximate surface area is 187 Å². The van der Waals surface area contributed by atoms with Gasteiger partial charge in [-0.05, 0) is 49.5 Å². The molecule has 4 N–H and O–H groups in total. The quantitative estimate of drug-likeness (QED) is 0.402. The number of carbonyl (C=O) groups is 2. The highest BCUT2D eigenvalue weighted by atomic mass is 35.5. The molecule has 7 heteroatoms. The van der Waals surface area contributed by atoms with Gasteiger partial charge in [-0.15, -0.1) is 6.58 Å². The molecule has 2 rings (SSSR count). The molecule has 0 atom stereocenters. The van der Waals surface area contributed by atoms with Crippen molar-refractivity contribution in [3.8, 4) is 0 Å². The molecule has 0 spiro atoms. The summed E-state index contributed by atoms with van der Waals surface area (Å²) in [6, 6.07) is 0.258. The minimum absolute atomic E-state index is 0.144. The minimum Gasteiger partial charge on any atom is -0.396 e. The number of halogens is 1. The third-order valence-electron chi connectivity index (χ3n) is 4.57. The first-order valence-electron chi connectivity index (χ1n) is 10.6. The van der Waals surface area contributed by atoms with Crippen LogP contribution >= 0.6 is 11.6 Å². The molecular weight excluding hydrogens is 400 g/mol. The molecule has 1 saturated carbocycles. The van der Waals surface area contributed by atoms with E-state index >= 15 is 0 Å². The number of amides is 1. The zero-order chi connectivity index (χ0) is 23.6. The van der Waals surface area contributed by atoms with Crippen molar-refractivity contribution in [2.45, 2.75) is 79.7 Å². The van der Waals surface area contributed by atoms with Crippen LogP contribution in [-0.2, 0) is 4.79 Å². The Kier molecular flexibility index (Phi) is 17.8. The van der Waals surface area contributed by atoms with Gasteiger partial charge < -0.3 is 15.8 Å². The van der Waals surface area contributed by atoms with Gasteiger partial charge in [0.25, 0.3) is 5.91 Å². The van der Waals surface area contributed by atoms with E-state index in [1.807, 2.05) is 20.8 Å². The van der Waals surface area contributed by atoms with Crippen molar-refractivity contribution >= 4 is 29.5 Å². The number of allylic oxidation sites excluding steroid dienone is 2. The van der Waals surface area contributed by atoms with E-state index in [9.17, 15) is 9.59 Å². The maximum absolute atomic E-state index is 12.0. The van der Waals surface area contributed by atoms with Crippen LogP contribution in [0, 0.1) is 11.3 Å². The first-order valence-corrected chi connectivity index (χ1v) is 11.0. The molecule has 1 aliphatic rings. The number of nitrogen functional groups attached to an aromatic ring is 1. The Morgan fingerprint density at radius 2 is 1.87 bits per heavy atom. The van der Waals surface area contributed by atoms with E-state index in [1.54, 1.807) is 12.2 Å². The number of aldehydes is 1. The zero-order valence-electron chi connectivity index (χ0n) is 19.5. The van der Waals surface area contributed by atoms with Crippen molar-refractivity contribution in [1.29, 1.82) is 0 Å². The van der Waals surface area contributed by atoms with Crippen LogP contribution in [-0.4, -0.2) is 28.4 Å². The second kappa shape index (κ2) is 17.8. The van der Waals surface area contributed by atoms with Crippen molar-refractivity contribution in [2.24, 2.45) is 11.3 Å². The van der Waals surface area contributed by atoms with Gasteiger partial charge in [-0.3, -0.25) is 9.89 Å². The number of H-pyrrole nitrogens is 1. The molecule has 0 bridgehead atoms. The van der Waals surface area contributed by atoms with Crippen LogP contribution in [0.4, 0.5) is 5.69 Å². The van der Waals surface area contributed by atoms with Gasteiger partial charge >= 0.3 is 0 Å². The van der Waals surface area contributed by atoms with E-state index in [2.05, 4.69) is 42.9 Å². The topological polar surface area (TPSA) is 101 Å². The predicted octanol–water partition coefficient (Wildman–Crippen LogP) is 5.87. The number of nitrogens with zero attached hydrogens (tertiary/aromatic N) is 1. The van der Waals surface area contributed by atoms with E-state index in [1.165, 1.54) is 24.6 Å². The largest absolute Gasteiger partial charge is 0.396 e. The van der Waals surface area contributed by atoms with Crippen molar-refractivity contribution in [3.63, 3.8) is 0 Å². The summed E-state index contributed by atoms with van der Waals surface area (Å²) in [5.74, 6) is 0.604. The fourth-order valence-electron chi connectivity index (χ4n) is 2.91. The maximum atomic E-state index is 12.0. The summed E-state index contributed by atoms with van der Waals surface area (Å²) in [5, 5.41) is 9.45. The number of hydrogen-bond acceptors (Lipinski definition) is 4. The molecule has 0 saturated heterocycles. The highest BCUT2D eigenvalue weighted by Crippen LogP contribution is 2.37. The van der Waals surface area contributed by atoms with Gasteiger partial charge in [-0.1, -0.05) is 58.4 Å². The van der Waals surface area contributed by atoms with E-state index in [4.69, 9.17) is 17.3 Å². The second-order valence-corrected chi connectivity index (χ2v) is 7.99. The number of aromatic amines is 1. The average molecular weight is 441 g/mol. The van der Waals surface area contributed by atoms with Crippen LogP contribution < -0.4 is 11.1 Å². The van der Waals surface area contributed by atoms with Gasteiger partial charge in [0, 0.05) is 12.5 Å². The van der Waals surface area contributed by atoms with Crippen molar-refractivity contribution < 1.29 is 9.59 Å². The SMILES string of the molecule is C/C=C/Cl.C=CCC=O.CC.CC(C)(C)C1CCC(NC(=O)c2[nH]ncc2N)CC1. The number of nitrogens with one attached hydrogen (secondary N) is 2. The Morgan fingerprint density at radius 1 is 1.33 bits per heavy atom. The normalized spacial score (nSPS) is 17.8. The number of aromatic nitrogens is 2. The van der Waals surface area contributed by atoms with Gasteiger partial charge in [0.05, 0.1) is 11.9 Å². The molecule has 1 aromatic heterocycles. The van der Waals surface area contributed by atoms with Crippen LogP contribution in [0.5, 0.6) is 0 Å². The van der Waals surface area contributed by atoms with Gasteiger partial charge in [0.2, 0.25) is 0 Å². The lowest BCUT2D eigenvalue weighted by atomic mass is 9.71. The summed E-state index contributed by atoms with van der Waals surface area (Å²) in [7, 11) is 0. The Bertz CT molecular complexity index is 603. The number of nitrogens with two attached hydrogens (primary N) is 1. The molecule has 1 aromatic rings. The zero-order valence-corrected chi connectivity index (χ0v) is 20.3. The molecule has 30 heavy (non-hydrogen) atoms. The molecule has 1 amide bonds. The number of hydrogen-bond donors (Lipinski definition) is 3. The van der Waals surface area contributed by atoms with Gasteiger partial charge in [-0.25, -0.2) is 0 Å². The van der Waals surface area contributed by atoms with Gasteiger partial charge in [0.15, 0.2) is 0 Å².